The van der Waals surface area contributed by atoms with Gasteiger partial charge < -0.3 is 21.3 Å². The van der Waals surface area contributed by atoms with E-state index in [1.54, 1.807) is 0 Å². The second-order valence-corrected chi connectivity index (χ2v) is 11.1. The Balaban J connectivity index is 1.32. The van der Waals surface area contributed by atoms with Gasteiger partial charge in [0.2, 0.25) is 0 Å². The molecule has 4 aromatic carbocycles. The van der Waals surface area contributed by atoms with E-state index in [0.717, 1.165) is 21.5 Å². The maximum absolute atomic E-state index is 13.3. The van der Waals surface area contributed by atoms with Crippen LogP contribution in [0.5, 0.6) is 0 Å². The van der Waals surface area contributed by atoms with Crippen LogP contribution in [-0.2, 0) is 4.79 Å². The van der Waals surface area contributed by atoms with Crippen LogP contribution < -0.4 is 21.3 Å². The molecule has 1 fully saturated rings. The monoisotopic (exact) mass is 508 g/mol. The summed E-state index contributed by atoms with van der Waals surface area (Å²) in [5.74, 6) is -0.122. The number of hydrogen-bond acceptors (Lipinski definition) is 3. The molecule has 194 valence electrons. The van der Waals surface area contributed by atoms with Crippen molar-refractivity contribution in [3.05, 3.63) is 84.9 Å². The summed E-state index contributed by atoms with van der Waals surface area (Å²) in [4.78, 5) is 39.4. The first-order valence-corrected chi connectivity index (χ1v) is 12.8. The first kappa shape index (κ1) is 25.3. The standard InChI is InChI=1S/C31H32N4O3/c1-30(2)18-26(36)27(34-28(37)32-24-14-12-20-8-4-6-10-22(20)16-24)31(3,19-30)35-29(38)33-25-15-13-21-9-5-7-11-23(21)17-25/h4-17,27H,18-19H2,1-3H3,(H2,32,34,37)(H2,33,35,38). The van der Waals surface area contributed by atoms with Gasteiger partial charge in [0.25, 0.3) is 0 Å². The average Bonchev–Trinajstić information content (AvgIpc) is 2.85. The van der Waals surface area contributed by atoms with Gasteiger partial charge in [0.15, 0.2) is 5.78 Å². The van der Waals surface area contributed by atoms with E-state index in [9.17, 15) is 14.4 Å². The molecule has 0 aliphatic heterocycles. The predicted molar refractivity (Wildman–Crippen MR) is 152 cm³/mol. The molecule has 4 amide bonds. The summed E-state index contributed by atoms with van der Waals surface area (Å²) in [6.07, 6.45) is 0.815. The van der Waals surface area contributed by atoms with Crippen LogP contribution in [-0.4, -0.2) is 29.4 Å². The van der Waals surface area contributed by atoms with Gasteiger partial charge in [0.05, 0.1) is 5.54 Å². The molecule has 4 N–H and O–H groups in total. The van der Waals surface area contributed by atoms with Gasteiger partial charge >= 0.3 is 12.1 Å². The molecule has 38 heavy (non-hydrogen) atoms. The highest BCUT2D eigenvalue weighted by Gasteiger charge is 2.50. The first-order valence-electron chi connectivity index (χ1n) is 12.8. The fourth-order valence-corrected chi connectivity index (χ4v) is 5.70. The Bertz CT molecular complexity index is 1550. The van der Waals surface area contributed by atoms with Crippen LogP contribution in [0.25, 0.3) is 21.5 Å². The number of rotatable bonds is 4. The van der Waals surface area contributed by atoms with E-state index in [1.807, 2.05) is 106 Å². The number of amides is 4. The Hall–Kier alpha value is -4.39. The second kappa shape index (κ2) is 9.82. The largest absolute Gasteiger partial charge is 0.330 e. The SMILES string of the molecule is CC1(C)CC(=O)C(NC(=O)Nc2ccc3ccccc3c2)C(C)(NC(=O)Nc2ccc3ccccc3c2)C1. The Morgan fingerprint density at radius 3 is 1.76 bits per heavy atom. The number of carbonyl (C=O) groups excluding carboxylic acids is 3. The van der Waals surface area contributed by atoms with Crippen LogP contribution in [0.3, 0.4) is 0 Å². The number of fused-ring (bicyclic) bond motifs is 2. The van der Waals surface area contributed by atoms with E-state index in [0.29, 0.717) is 24.2 Å². The minimum atomic E-state index is -1.000. The van der Waals surface area contributed by atoms with Gasteiger partial charge in [-0.2, -0.15) is 0 Å². The van der Waals surface area contributed by atoms with Crippen molar-refractivity contribution in [1.82, 2.24) is 10.6 Å². The van der Waals surface area contributed by atoms with E-state index in [2.05, 4.69) is 21.3 Å². The van der Waals surface area contributed by atoms with Gasteiger partial charge in [-0.25, -0.2) is 9.59 Å². The molecular weight excluding hydrogens is 476 g/mol. The molecule has 0 bridgehead atoms. The van der Waals surface area contributed by atoms with E-state index >= 15 is 0 Å². The number of carbonyl (C=O) groups is 3. The maximum atomic E-state index is 13.3. The third-order valence-electron chi connectivity index (χ3n) is 7.15. The maximum Gasteiger partial charge on any atom is 0.319 e. The molecule has 1 saturated carbocycles. The normalized spacial score (nSPS) is 20.6. The average molecular weight is 509 g/mol. The molecule has 0 spiro atoms. The zero-order valence-corrected chi connectivity index (χ0v) is 21.8. The topological polar surface area (TPSA) is 99.3 Å². The van der Waals surface area contributed by atoms with Crippen molar-refractivity contribution in [2.24, 2.45) is 5.41 Å². The summed E-state index contributed by atoms with van der Waals surface area (Å²) in [5.41, 5.74) is -0.0755. The summed E-state index contributed by atoms with van der Waals surface area (Å²) in [7, 11) is 0. The number of benzene rings is 4. The van der Waals surface area contributed by atoms with Gasteiger partial charge in [-0.1, -0.05) is 74.5 Å². The van der Waals surface area contributed by atoms with Gasteiger partial charge in [0, 0.05) is 17.8 Å². The molecule has 7 heteroatoms. The van der Waals surface area contributed by atoms with Gasteiger partial charge in [-0.05, 0) is 64.6 Å². The predicted octanol–water partition coefficient (Wildman–Crippen LogP) is 6.45. The smallest absolute Gasteiger partial charge is 0.319 e. The Morgan fingerprint density at radius 1 is 0.711 bits per heavy atom. The Labute approximate surface area is 222 Å². The molecule has 1 aliphatic carbocycles. The number of anilines is 2. The third kappa shape index (κ3) is 5.47. The van der Waals surface area contributed by atoms with E-state index in [1.165, 1.54) is 0 Å². The van der Waals surface area contributed by atoms with Gasteiger partial charge in [-0.3, -0.25) is 4.79 Å². The van der Waals surface area contributed by atoms with Crippen LogP contribution in [0.2, 0.25) is 0 Å². The Morgan fingerprint density at radius 2 is 1.21 bits per heavy atom. The molecule has 0 aromatic heterocycles. The third-order valence-corrected chi connectivity index (χ3v) is 7.15. The fraction of sp³-hybridized carbons (Fsp3) is 0.258. The number of urea groups is 2. The lowest BCUT2D eigenvalue weighted by atomic mass is 9.65. The summed E-state index contributed by atoms with van der Waals surface area (Å²) in [6, 6.07) is 25.3. The zero-order chi connectivity index (χ0) is 26.9. The molecule has 0 saturated heterocycles. The highest BCUT2D eigenvalue weighted by atomic mass is 16.2. The van der Waals surface area contributed by atoms with Crippen LogP contribution in [0.1, 0.15) is 33.6 Å². The minimum Gasteiger partial charge on any atom is -0.330 e. The van der Waals surface area contributed by atoms with E-state index < -0.39 is 23.6 Å². The van der Waals surface area contributed by atoms with Crippen LogP contribution >= 0.6 is 0 Å². The molecule has 0 heterocycles. The van der Waals surface area contributed by atoms with Crippen LogP contribution in [0, 0.1) is 5.41 Å². The number of Topliss-reactive ketones (excluding diaryl/α,β-unsaturated/α-hetero) is 1. The minimum absolute atomic E-state index is 0.122. The summed E-state index contributed by atoms with van der Waals surface area (Å²) in [6.45, 7) is 5.81. The van der Waals surface area contributed by atoms with Crippen molar-refractivity contribution in [1.29, 1.82) is 0 Å². The summed E-state index contributed by atoms with van der Waals surface area (Å²) in [5, 5.41) is 15.7. The lowest BCUT2D eigenvalue weighted by Gasteiger charge is -2.47. The van der Waals surface area contributed by atoms with Gasteiger partial charge in [0.1, 0.15) is 6.04 Å². The second-order valence-electron chi connectivity index (χ2n) is 11.1. The fourth-order valence-electron chi connectivity index (χ4n) is 5.70. The van der Waals surface area contributed by atoms with Gasteiger partial charge in [-0.15, -0.1) is 0 Å². The molecule has 0 radical (unpaired) electrons. The van der Waals surface area contributed by atoms with Crippen molar-refractivity contribution in [2.75, 3.05) is 10.6 Å². The Kier molecular flexibility index (Phi) is 6.53. The first-order chi connectivity index (χ1) is 18.1. The lowest BCUT2D eigenvalue weighted by molar-refractivity contribution is -0.128. The van der Waals surface area contributed by atoms with Crippen LogP contribution in [0.15, 0.2) is 84.9 Å². The molecule has 2 atom stereocenters. The van der Waals surface area contributed by atoms with Crippen molar-refractivity contribution in [3.8, 4) is 0 Å². The molecule has 4 aromatic rings. The van der Waals surface area contributed by atoms with Crippen molar-refractivity contribution in [3.63, 3.8) is 0 Å². The van der Waals surface area contributed by atoms with Crippen molar-refractivity contribution >= 4 is 50.8 Å². The van der Waals surface area contributed by atoms with Crippen molar-refractivity contribution in [2.45, 2.75) is 45.2 Å². The number of ketones is 1. The van der Waals surface area contributed by atoms with Crippen molar-refractivity contribution < 1.29 is 14.4 Å². The molecule has 5 rings (SSSR count). The molecule has 2 unspecified atom stereocenters. The molecular formula is C31H32N4O3. The molecule has 1 aliphatic rings. The number of nitrogens with one attached hydrogen (secondary N) is 4. The zero-order valence-electron chi connectivity index (χ0n) is 21.8. The van der Waals surface area contributed by atoms with Crippen LogP contribution in [0.4, 0.5) is 21.0 Å². The lowest BCUT2D eigenvalue weighted by Crippen LogP contribution is -2.68. The highest BCUT2D eigenvalue weighted by molar-refractivity contribution is 5.99. The summed E-state index contributed by atoms with van der Waals surface area (Å²) >= 11 is 0. The quantitative estimate of drug-likeness (QED) is 0.255. The van der Waals surface area contributed by atoms with E-state index in [-0.39, 0.29) is 11.2 Å². The molecule has 7 nitrogen and oxygen atoms in total. The highest BCUT2D eigenvalue weighted by Crippen LogP contribution is 2.39. The van der Waals surface area contributed by atoms with E-state index in [4.69, 9.17) is 0 Å². The number of hydrogen-bond donors (Lipinski definition) is 4. The summed E-state index contributed by atoms with van der Waals surface area (Å²) < 4.78 is 0.